The summed E-state index contributed by atoms with van der Waals surface area (Å²) in [6.07, 6.45) is 10.6. The molecular weight excluding hydrogens is 364 g/mol. The fraction of sp³-hybridized carbons (Fsp3) is 0. The van der Waals surface area contributed by atoms with E-state index in [1.54, 1.807) is 18.5 Å². The number of hydrogen-bond acceptors (Lipinski definition) is 4. The van der Waals surface area contributed by atoms with Crippen LogP contribution in [0.3, 0.4) is 0 Å². The quantitative estimate of drug-likeness (QED) is 0.518. The maximum Gasteiger partial charge on any atom is 0.250 e. The van der Waals surface area contributed by atoms with Gasteiger partial charge in [0.05, 0.1) is 23.1 Å². The molecule has 0 saturated heterocycles. The standard InChI is InChI=1S/C22H16N6O/c23-22(29)18-9-17(12-24-13-18)15-5-8-27-20(14-25-21(27)11-15)16-3-1-4-19(10-16)28-7-2-6-26-28/h1-14H,(H2,23,29). The zero-order valence-electron chi connectivity index (χ0n) is 15.3. The Hall–Kier alpha value is -4.26. The van der Waals surface area contributed by atoms with Gasteiger partial charge in [0.25, 0.3) is 0 Å². The van der Waals surface area contributed by atoms with E-state index in [9.17, 15) is 4.79 Å². The molecule has 7 heteroatoms. The Morgan fingerprint density at radius 1 is 0.897 bits per heavy atom. The van der Waals surface area contributed by atoms with Crippen molar-refractivity contribution in [3.63, 3.8) is 0 Å². The van der Waals surface area contributed by atoms with Crippen LogP contribution < -0.4 is 5.73 Å². The molecule has 0 bridgehead atoms. The molecule has 0 aliphatic heterocycles. The smallest absolute Gasteiger partial charge is 0.250 e. The summed E-state index contributed by atoms with van der Waals surface area (Å²) in [6, 6.07) is 15.7. The number of fused-ring (bicyclic) bond motifs is 1. The maximum absolute atomic E-state index is 11.4. The topological polar surface area (TPSA) is 91.1 Å². The third-order valence-electron chi connectivity index (χ3n) is 4.78. The van der Waals surface area contributed by atoms with Gasteiger partial charge in [-0.05, 0) is 42.0 Å². The van der Waals surface area contributed by atoms with E-state index in [2.05, 4.69) is 21.1 Å². The first-order chi connectivity index (χ1) is 14.2. The molecule has 0 unspecified atom stereocenters. The first-order valence-electron chi connectivity index (χ1n) is 9.02. The number of hydrogen-bond donors (Lipinski definition) is 1. The minimum atomic E-state index is -0.499. The average molecular weight is 380 g/mol. The second kappa shape index (κ2) is 6.72. The van der Waals surface area contributed by atoms with Gasteiger partial charge >= 0.3 is 0 Å². The molecule has 0 saturated carbocycles. The first-order valence-corrected chi connectivity index (χ1v) is 9.02. The summed E-state index contributed by atoms with van der Waals surface area (Å²) in [6.45, 7) is 0. The lowest BCUT2D eigenvalue weighted by molar-refractivity contribution is 0.1000. The summed E-state index contributed by atoms with van der Waals surface area (Å²) < 4.78 is 3.85. The normalized spacial score (nSPS) is 11.0. The van der Waals surface area contributed by atoms with Crippen molar-refractivity contribution in [2.45, 2.75) is 0 Å². The molecular formula is C22H16N6O. The van der Waals surface area contributed by atoms with E-state index in [4.69, 9.17) is 5.73 Å². The number of rotatable bonds is 4. The summed E-state index contributed by atoms with van der Waals surface area (Å²) in [5, 5.41) is 4.29. The Balaban J connectivity index is 1.56. The van der Waals surface area contributed by atoms with E-state index >= 15 is 0 Å². The van der Waals surface area contributed by atoms with Gasteiger partial charge in [0.1, 0.15) is 5.65 Å². The van der Waals surface area contributed by atoms with Crippen molar-refractivity contribution in [3.05, 3.63) is 91.3 Å². The van der Waals surface area contributed by atoms with Crippen LogP contribution >= 0.6 is 0 Å². The van der Waals surface area contributed by atoms with E-state index in [1.807, 2.05) is 64.1 Å². The number of pyridine rings is 2. The van der Waals surface area contributed by atoms with Crippen LogP contribution in [-0.2, 0) is 0 Å². The van der Waals surface area contributed by atoms with E-state index in [0.29, 0.717) is 5.56 Å². The molecule has 7 nitrogen and oxygen atoms in total. The molecule has 1 aromatic carbocycles. The number of aromatic nitrogens is 5. The van der Waals surface area contributed by atoms with Gasteiger partial charge < -0.3 is 5.73 Å². The van der Waals surface area contributed by atoms with Crippen molar-refractivity contribution in [2.24, 2.45) is 5.73 Å². The van der Waals surface area contributed by atoms with Crippen LogP contribution in [0.15, 0.2) is 85.7 Å². The third-order valence-corrected chi connectivity index (χ3v) is 4.78. The van der Waals surface area contributed by atoms with Crippen LogP contribution in [0.4, 0.5) is 0 Å². The number of carbonyl (C=O) groups excluding carboxylic acids is 1. The second-order valence-electron chi connectivity index (χ2n) is 6.61. The van der Waals surface area contributed by atoms with Gasteiger partial charge in [-0.2, -0.15) is 5.10 Å². The molecule has 0 atom stereocenters. The van der Waals surface area contributed by atoms with Crippen LogP contribution in [-0.4, -0.2) is 30.1 Å². The Bertz CT molecular complexity index is 1340. The summed E-state index contributed by atoms with van der Waals surface area (Å²) in [5.74, 6) is -0.499. The number of primary amides is 1. The lowest BCUT2D eigenvalue weighted by atomic mass is 10.1. The molecule has 0 spiro atoms. The summed E-state index contributed by atoms with van der Waals surface area (Å²) in [4.78, 5) is 20.1. The van der Waals surface area contributed by atoms with Gasteiger partial charge in [0.2, 0.25) is 5.91 Å². The highest BCUT2D eigenvalue weighted by Gasteiger charge is 2.10. The predicted molar refractivity (Wildman–Crippen MR) is 109 cm³/mol. The Labute approximate surface area is 166 Å². The molecule has 4 aromatic heterocycles. The fourth-order valence-corrected chi connectivity index (χ4v) is 3.34. The minimum absolute atomic E-state index is 0.377. The Kier molecular flexibility index (Phi) is 3.91. The molecule has 5 rings (SSSR count). The minimum Gasteiger partial charge on any atom is -0.366 e. The molecule has 0 fully saturated rings. The lowest BCUT2D eigenvalue weighted by Crippen LogP contribution is -2.11. The molecule has 2 N–H and O–H groups in total. The molecule has 0 aliphatic carbocycles. The van der Waals surface area contributed by atoms with Gasteiger partial charge in [-0.25, -0.2) is 9.67 Å². The molecule has 0 radical (unpaired) electrons. The zero-order valence-corrected chi connectivity index (χ0v) is 15.3. The molecule has 29 heavy (non-hydrogen) atoms. The number of nitrogens with two attached hydrogens (primary N) is 1. The zero-order chi connectivity index (χ0) is 19.8. The van der Waals surface area contributed by atoms with E-state index in [0.717, 1.165) is 33.7 Å². The highest BCUT2D eigenvalue weighted by molar-refractivity contribution is 5.93. The fourth-order valence-electron chi connectivity index (χ4n) is 3.34. The predicted octanol–water partition coefficient (Wildman–Crippen LogP) is 3.35. The Morgan fingerprint density at radius 2 is 1.83 bits per heavy atom. The maximum atomic E-state index is 11.4. The summed E-state index contributed by atoms with van der Waals surface area (Å²) >= 11 is 0. The van der Waals surface area contributed by atoms with E-state index in [1.165, 1.54) is 6.20 Å². The summed E-state index contributed by atoms with van der Waals surface area (Å²) in [5.41, 5.74) is 11.3. The second-order valence-corrected chi connectivity index (χ2v) is 6.61. The average Bonchev–Trinajstić information content (AvgIpc) is 3.43. The van der Waals surface area contributed by atoms with Gasteiger partial charge in [-0.3, -0.25) is 14.2 Å². The van der Waals surface area contributed by atoms with Crippen LogP contribution in [0.1, 0.15) is 10.4 Å². The van der Waals surface area contributed by atoms with Gasteiger partial charge in [0, 0.05) is 42.1 Å². The number of benzene rings is 1. The SMILES string of the molecule is NC(=O)c1cncc(-c2ccn3c(-c4cccc(-n5cccn5)c4)cnc3c2)c1. The van der Waals surface area contributed by atoms with Crippen molar-refractivity contribution in [1.82, 2.24) is 24.1 Å². The molecule has 1 amide bonds. The van der Waals surface area contributed by atoms with Gasteiger partial charge in [-0.15, -0.1) is 0 Å². The van der Waals surface area contributed by atoms with Crippen LogP contribution in [0, 0.1) is 0 Å². The van der Waals surface area contributed by atoms with Gasteiger partial charge in [0.15, 0.2) is 0 Å². The highest BCUT2D eigenvalue weighted by atomic mass is 16.1. The van der Waals surface area contributed by atoms with Crippen LogP contribution in [0.2, 0.25) is 0 Å². The Morgan fingerprint density at radius 3 is 2.66 bits per heavy atom. The van der Waals surface area contributed by atoms with E-state index < -0.39 is 5.91 Å². The van der Waals surface area contributed by atoms with Crippen molar-refractivity contribution in [1.29, 1.82) is 0 Å². The van der Waals surface area contributed by atoms with Crippen molar-refractivity contribution >= 4 is 11.6 Å². The number of carbonyl (C=O) groups is 1. The molecule has 4 heterocycles. The monoisotopic (exact) mass is 380 g/mol. The third kappa shape index (κ3) is 3.04. The van der Waals surface area contributed by atoms with Gasteiger partial charge in [-0.1, -0.05) is 12.1 Å². The molecule has 0 aliphatic rings. The van der Waals surface area contributed by atoms with Crippen molar-refractivity contribution in [3.8, 4) is 28.1 Å². The highest BCUT2D eigenvalue weighted by Crippen LogP contribution is 2.26. The lowest BCUT2D eigenvalue weighted by Gasteiger charge is -2.07. The summed E-state index contributed by atoms with van der Waals surface area (Å²) in [7, 11) is 0. The van der Waals surface area contributed by atoms with Crippen LogP contribution in [0.25, 0.3) is 33.7 Å². The van der Waals surface area contributed by atoms with E-state index in [-0.39, 0.29) is 0 Å². The van der Waals surface area contributed by atoms with Crippen LogP contribution in [0.5, 0.6) is 0 Å². The largest absolute Gasteiger partial charge is 0.366 e. The number of imidazole rings is 1. The van der Waals surface area contributed by atoms with Crippen molar-refractivity contribution in [2.75, 3.05) is 0 Å². The molecule has 5 aromatic rings. The number of nitrogens with zero attached hydrogens (tertiary/aromatic N) is 5. The van der Waals surface area contributed by atoms with Crippen molar-refractivity contribution < 1.29 is 4.79 Å². The first kappa shape index (κ1) is 16.9. The molecule has 140 valence electrons. The number of amides is 1.